The second kappa shape index (κ2) is 4.50. The Balaban J connectivity index is 1.93. The molecule has 0 aromatic heterocycles. The van der Waals surface area contributed by atoms with Crippen LogP contribution >= 0.6 is 0 Å². The molecule has 2 aromatic rings. The molecule has 0 bridgehead atoms. The van der Waals surface area contributed by atoms with Gasteiger partial charge in [0.15, 0.2) is 5.78 Å². The number of methoxy groups -OCH3 is 1. The third-order valence-corrected chi connectivity index (χ3v) is 3.69. The number of benzene rings is 2. The van der Waals surface area contributed by atoms with Crippen LogP contribution in [0.15, 0.2) is 42.5 Å². The lowest BCUT2D eigenvalue weighted by Crippen LogP contribution is -2.10. The summed E-state index contributed by atoms with van der Waals surface area (Å²) in [4.78, 5) is 23.9. The van der Waals surface area contributed by atoms with E-state index in [1.807, 2.05) is 42.5 Å². The Morgan fingerprint density at radius 2 is 1.79 bits per heavy atom. The Bertz CT molecular complexity index is 655. The first-order valence-corrected chi connectivity index (χ1v) is 6.32. The van der Waals surface area contributed by atoms with Gasteiger partial charge in [-0.3, -0.25) is 9.59 Å². The molecule has 3 nitrogen and oxygen atoms in total. The maximum absolute atomic E-state index is 12.4. The van der Waals surface area contributed by atoms with Crippen molar-refractivity contribution in [2.75, 3.05) is 7.11 Å². The van der Waals surface area contributed by atoms with Crippen molar-refractivity contribution < 1.29 is 14.3 Å². The standard InChI is InChI=1S/C16H14O3/c1-19-16(18)14-9-13(14)15(17)12-8-4-6-10-5-2-3-7-11(10)12/h2-8,13-14H,9H2,1H3. The molecule has 0 heterocycles. The van der Waals surface area contributed by atoms with E-state index >= 15 is 0 Å². The van der Waals surface area contributed by atoms with Crippen molar-refractivity contribution in [1.29, 1.82) is 0 Å². The molecule has 96 valence electrons. The first-order valence-electron chi connectivity index (χ1n) is 6.32. The molecule has 0 radical (unpaired) electrons. The Morgan fingerprint density at radius 1 is 1.05 bits per heavy atom. The van der Waals surface area contributed by atoms with Crippen LogP contribution in [0.1, 0.15) is 16.8 Å². The summed E-state index contributed by atoms with van der Waals surface area (Å²) >= 11 is 0. The zero-order chi connectivity index (χ0) is 13.4. The molecular formula is C16H14O3. The zero-order valence-electron chi connectivity index (χ0n) is 10.6. The number of hydrogen-bond donors (Lipinski definition) is 0. The molecule has 1 fully saturated rings. The van der Waals surface area contributed by atoms with E-state index in [0.29, 0.717) is 12.0 Å². The van der Waals surface area contributed by atoms with Crippen molar-refractivity contribution >= 4 is 22.5 Å². The summed E-state index contributed by atoms with van der Waals surface area (Å²) in [6.07, 6.45) is 0.606. The third kappa shape index (κ3) is 2.01. The number of esters is 1. The first kappa shape index (κ1) is 11.9. The highest BCUT2D eigenvalue weighted by Crippen LogP contribution is 2.42. The van der Waals surface area contributed by atoms with Crippen molar-refractivity contribution in [2.45, 2.75) is 6.42 Å². The lowest BCUT2D eigenvalue weighted by atomic mass is 9.98. The summed E-state index contributed by atoms with van der Waals surface area (Å²) in [5, 5.41) is 1.99. The number of carbonyl (C=O) groups excluding carboxylic acids is 2. The number of rotatable bonds is 3. The molecule has 2 unspecified atom stereocenters. The van der Waals surface area contributed by atoms with E-state index in [1.165, 1.54) is 7.11 Å². The Hall–Kier alpha value is -2.16. The van der Waals surface area contributed by atoms with E-state index in [4.69, 9.17) is 0 Å². The van der Waals surface area contributed by atoms with Crippen LogP contribution in [-0.2, 0) is 9.53 Å². The Morgan fingerprint density at radius 3 is 2.58 bits per heavy atom. The van der Waals surface area contributed by atoms with Crippen LogP contribution < -0.4 is 0 Å². The smallest absolute Gasteiger partial charge is 0.309 e. The minimum absolute atomic E-state index is 0.0483. The van der Waals surface area contributed by atoms with Crippen LogP contribution in [0.25, 0.3) is 10.8 Å². The normalized spacial score (nSPS) is 21.1. The van der Waals surface area contributed by atoms with Gasteiger partial charge in [0.25, 0.3) is 0 Å². The van der Waals surface area contributed by atoms with E-state index in [1.54, 1.807) is 0 Å². The third-order valence-electron chi connectivity index (χ3n) is 3.69. The van der Waals surface area contributed by atoms with Gasteiger partial charge in [-0.15, -0.1) is 0 Å². The van der Waals surface area contributed by atoms with E-state index in [9.17, 15) is 9.59 Å². The fourth-order valence-electron chi connectivity index (χ4n) is 2.54. The molecule has 3 heteroatoms. The molecule has 19 heavy (non-hydrogen) atoms. The maximum atomic E-state index is 12.4. The average Bonchev–Trinajstić information content (AvgIpc) is 3.25. The molecule has 1 aliphatic carbocycles. The van der Waals surface area contributed by atoms with Crippen molar-refractivity contribution in [3.8, 4) is 0 Å². The van der Waals surface area contributed by atoms with Gasteiger partial charge in [-0.05, 0) is 17.2 Å². The van der Waals surface area contributed by atoms with Gasteiger partial charge < -0.3 is 4.74 Å². The van der Waals surface area contributed by atoms with Crippen LogP contribution in [0, 0.1) is 11.8 Å². The minimum Gasteiger partial charge on any atom is -0.469 e. The van der Waals surface area contributed by atoms with Gasteiger partial charge in [-0.2, -0.15) is 0 Å². The van der Waals surface area contributed by atoms with Crippen LogP contribution in [0.2, 0.25) is 0 Å². The first-order chi connectivity index (χ1) is 9.22. The van der Waals surface area contributed by atoms with E-state index < -0.39 is 0 Å². The average molecular weight is 254 g/mol. The number of ether oxygens (including phenoxy) is 1. The monoisotopic (exact) mass is 254 g/mol. The largest absolute Gasteiger partial charge is 0.469 e. The molecule has 1 saturated carbocycles. The number of fused-ring (bicyclic) bond motifs is 1. The lowest BCUT2D eigenvalue weighted by molar-refractivity contribution is -0.142. The van der Waals surface area contributed by atoms with Crippen LogP contribution in [0.4, 0.5) is 0 Å². The molecule has 0 spiro atoms. The Kier molecular flexibility index (Phi) is 2.82. The molecule has 0 amide bonds. The number of ketones is 1. The highest BCUT2D eigenvalue weighted by molar-refractivity contribution is 6.11. The predicted molar refractivity (Wildman–Crippen MR) is 71.9 cm³/mol. The van der Waals surface area contributed by atoms with Gasteiger partial charge in [0, 0.05) is 11.5 Å². The quantitative estimate of drug-likeness (QED) is 0.625. The van der Waals surface area contributed by atoms with Crippen LogP contribution in [0.3, 0.4) is 0 Å². The van der Waals surface area contributed by atoms with Gasteiger partial charge in [0.05, 0.1) is 13.0 Å². The van der Waals surface area contributed by atoms with E-state index in [0.717, 1.165) is 10.8 Å². The second-order valence-corrected chi connectivity index (χ2v) is 4.86. The predicted octanol–water partition coefficient (Wildman–Crippen LogP) is 2.83. The summed E-state index contributed by atoms with van der Waals surface area (Å²) in [5.74, 6) is -0.694. The fourth-order valence-corrected chi connectivity index (χ4v) is 2.54. The van der Waals surface area contributed by atoms with Gasteiger partial charge in [-0.1, -0.05) is 42.5 Å². The van der Waals surface area contributed by atoms with Crippen molar-refractivity contribution in [1.82, 2.24) is 0 Å². The highest BCUT2D eigenvalue weighted by Gasteiger charge is 2.49. The fraction of sp³-hybridized carbons (Fsp3) is 0.250. The van der Waals surface area contributed by atoms with Gasteiger partial charge in [-0.25, -0.2) is 0 Å². The van der Waals surface area contributed by atoms with Crippen LogP contribution in [-0.4, -0.2) is 18.9 Å². The molecule has 3 rings (SSSR count). The number of Topliss-reactive ketones (excluding diaryl/α,β-unsaturated/α-hetero) is 1. The zero-order valence-corrected chi connectivity index (χ0v) is 10.6. The van der Waals surface area contributed by atoms with Crippen molar-refractivity contribution in [2.24, 2.45) is 11.8 Å². The molecular weight excluding hydrogens is 240 g/mol. The number of carbonyl (C=O) groups is 2. The summed E-state index contributed by atoms with van der Waals surface area (Å²) < 4.78 is 4.69. The molecule has 0 saturated heterocycles. The summed E-state index contributed by atoms with van der Waals surface area (Å²) in [6, 6.07) is 13.5. The number of hydrogen-bond acceptors (Lipinski definition) is 3. The molecule has 1 aliphatic rings. The molecule has 2 aromatic carbocycles. The summed E-state index contributed by atoms with van der Waals surface area (Å²) in [7, 11) is 1.36. The molecule has 0 N–H and O–H groups in total. The minimum atomic E-state index is -0.279. The topological polar surface area (TPSA) is 43.4 Å². The molecule has 2 atom stereocenters. The summed E-state index contributed by atoms with van der Waals surface area (Å²) in [6.45, 7) is 0. The van der Waals surface area contributed by atoms with E-state index in [-0.39, 0.29) is 23.6 Å². The SMILES string of the molecule is COC(=O)C1CC1C(=O)c1cccc2ccccc12. The van der Waals surface area contributed by atoms with Crippen molar-refractivity contribution in [3.63, 3.8) is 0 Å². The highest BCUT2D eigenvalue weighted by atomic mass is 16.5. The van der Waals surface area contributed by atoms with Crippen LogP contribution in [0.5, 0.6) is 0 Å². The maximum Gasteiger partial charge on any atom is 0.309 e. The van der Waals surface area contributed by atoms with E-state index in [2.05, 4.69) is 4.74 Å². The second-order valence-electron chi connectivity index (χ2n) is 4.86. The van der Waals surface area contributed by atoms with Crippen molar-refractivity contribution in [3.05, 3.63) is 48.0 Å². The van der Waals surface area contributed by atoms with Gasteiger partial charge >= 0.3 is 5.97 Å². The summed E-state index contributed by atoms with van der Waals surface area (Å²) in [5.41, 5.74) is 0.703. The lowest BCUT2D eigenvalue weighted by Gasteiger charge is -2.05. The molecule has 0 aliphatic heterocycles. The Labute approximate surface area is 111 Å². The van der Waals surface area contributed by atoms with Gasteiger partial charge in [0.1, 0.15) is 0 Å². The van der Waals surface area contributed by atoms with Gasteiger partial charge in [0.2, 0.25) is 0 Å².